The molecule has 2 saturated heterocycles. The molecule has 0 spiro atoms. The van der Waals surface area contributed by atoms with E-state index in [1.165, 1.54) is 32.2 Å². The minimum atomic E-state index is -1.09. The van der Waals surface area contributed by atoms with Crippen molar-refractivity contribution in [2.45, 2.75) is 88.8 Å². The van der Waals surface area contributed by atoms with Gasteiger partial charge < -0.3 is 14.9 Å². The second kappa shape index (κ2) is 8.09. The molecule has 2 heterocycles. The molecular formula is C24H39N3O3. The molecule has 3 aliphatic carbocycles. The molecule has 5 rings (SSSR count). The van der Waals surface area contributed by atoms with Crippen LogP contribution in [-0.2, 0) is 9.59 Å². The van der Waals surface area contributed by atoms with Crippen molar-refractivity contribution in [3.8, 4) is 0 Å². The van der Waals surface area contributed by atoms with Gasteiger partial charge >= 0.3 is 0 Å². The van der Waals surface area contributed by atoms with Gasteiger partial charge in [-0.1, -0.05) is 13.3 Å². The van der Waals surface area contributed by atoms with Crippen LogP contribution in [0.3, 0.4) is 0 Å². The number of fused-ring (bicyclic) bond motifs is 1. The first-order valence-corrected chi connectivity index (χ1v) is 12.5. The topological polar surface area (TPSA) is 64.1 Å². The summed E-state index contributed by atoms with van der Waals surface area (Å²) in [5, 5.41) is 10.1. The quantitative estimate of drug-likeness (QED) is 0.765. The second-order valence-electron chi connectivity index (χ2n) is 10.8. The molecule has 0 aromatic carbocycles. The number of rotatable bonds is 3. The van der Waals surface area contributed by atoms with Crippen molar-refractivity contribution in [2.24, 2.45) is 17.8 Å². The van der Waals surface area contributed by atoms with E-state index in [-0.39, 0.29) is 11.8 Å². The number of likely N-dealkylation sites (tertiary alicyclic amines) is 1. The van der Waals surface area contributed by atoms with Gasteiger partial charge in [0.2, 0.25) is 5.91 Å². The highest BCUT2D eigenvalue weighted by Gasteiger charge is 2.50. The Bertz CT molecular complexity index is 663. The zero-order valence-electron chi connectivity index (χ0n) is 18.6. The summed E-state index contributed by atoms with van der Waals surface area (Å²) >= 11 is 0. The average Bonchev–Trinajstić information content (AvgIpc) is 3.37. The van der Waals surface area contributed by atoms with Crippen LogP contribution in [0.25, 0.3) is 0 Å². The van der Waals surface area contributed by atoms with Crippen LogP contribution in [-0.4, -0.2) is 82.0 Å². The summed E-state index contributed by atoms with van der Waals surface area (Å²) < 4.78 is 0. The van der Waals surface area contributed by atoms with Gasteiger partial charge in [0, 0.05) is 44.2 Å². The van der Waals surface area contributed by atoms with E-state index in [9.17, 15) is 14.7 Å². The Morgan fingerprint density at radius 1 is 0.833 bits per heavy atom. The van der Waals surface area contributed by atoms with E-state index in [1.54, 1.807) is 4.90 Å². The average molecular weight is 418 g/mol. The number of carbonyl (C=O) groups excluding carboxylic acids is 2. The van der Waals surface area contributed by atoms with Gasteiger partial charge in [-0.05, 0) is 76.2 Å². The summed E-state index contributed by atoms with van der Waals surface area (Å²) in [5.74, 6) is 2.09. The zero-order valence-corrected chi connectivity index (χ0v) is 18.6. The largest absolute Gasteiger partial charge is 0.380 e. The van der Waals surface area contributed by atoms with E-state index < -0.39 is 5.60 Å². The number of hydrogen-bond donors (Lipinski definition) is 1. The second-order valence-corrected chi connectivity index (χ2v) is 10.8. The molecular weight excluding hydrogens is 378 g/mol. The van der Waals surface area contributed by atoms with Gasteiger partial charge in [-0.25, -0.2) is 0 Å². The number of aliphatic hydroxyl groups is 1. The Morgan fingerprint density at radius 3 is 2.17 bits per heavy atom. The molecule has 3 saturated carbocycles. The predicted octanol–water partition coefficient (Wildman–Crippen LogP) is 2.25. The van der Waals surface area contributed by atoms with Crippen LogP contribution in [0.5, 0.6) is 0 Å². The molecule has 30 heavy (non-hydrogen) atoms. The predicted molar refractivity (Wildman–Crippen MR) is 115 cm³/mol. The fourth-order valence-corrected chi connectivity index (χ4v) is 6.98. The van der Waals surface area contributed by atoms with Gasteiger partial charge in [-0.3, -0.25) is 14.5 Å². The molecule has 0 aromatic rings. The third kappa shape index (κ3) is 3.79. The standard InChI is InChI=1S/C24H39N3O3/c1-17-3-2-4-18-9-12-27(21(17)18)20-7-5-19(6-8-20)22(28)25-13-15-26(16-14-25)23(29)24(30)10-11-24/h17-21,30H,2-16H2,1H3. The fourth-order valence-electron chi connectivity index (χ4n) is 6.98. The molecule has 3 atom stereocenters. The molecule has 168 valence electrons. The first-order chi connectivity index (χ1) is 14.5. The number of piperazine rings is 1. The van der Waals surface area contributed by atoms with Crippen LogP contribution >= 0.6 is 0 Å². The molecule has 5 aliphatic rings. The summed E-state index contributed by atoms with van der Waals surface area (Å²) in [4.78, 5) is 32.0. The summed E-state index contributed by atoms with van der Waals surface area (Å²) in [5.41, 5.74) is -1.09. The maximum absolute atomic E-state index is 13.1. The van der Waals surface area contributed by atoms with Crippen LogP contribution in [0.1, 0.15) is 71.1 Å². The summed E-state index contributed by atoms with van der Waals surface area (Å²) in [6.45, 7) is 6.09. The molecule has 3 unspecified atom stereocenters. The lowest BCUT2D eigenvalue weighted by Gasteiger charge is -2.44. The summed E-state index contributed by atoms with van der Waals surface area (Å²) in [7, 11) is 0. The van der Waals surface area contributed by atoms with E-state index >= 15 is 0 Å². The lowest BCUT2D eigenvalue weighted by Crippen LogP contribution is -2.55. The highest BCUT2D eigenvalue weighted by Crippen LogP contribution is 2.43. The van der Waals surface area contributed by atoms with E-state index in [0.717, 1.165) is 43.6 Å². The monoisotopic (exact) mass is 417 g/mol. The number of carbonyl (C=O) groups is 2. The minimum absolute atomic E-state index is 0.129. The third-order valence-electron chi connectivity index (χ3n) is 8.96. The van der Waals surface area contributed by atoms with Crippen molar-refractivity contribution in [1.82, 2.24) is 14.7 Å². The van der Waals surface area contributed by atoms with Gasteiger partial charge in [-0.2, -0.15) is 0 Å². The smallest absolute Gasteiger partial charge is 0.254 e. The molecule has 5 fully saturated rings. The Morgan fingerprint density at radius 2 is 1.50 bits per heavy atom. The Hall–Kier alpha value is -1.14. The molecule has 6 nitrogen and oxygen atoms in total. The van der Waals surface area contributed by atoms with E-state index in [1.807, 2.05) is 4.90 Å². The zero-order chi connectivity index (χ0) is 20.9. The Balaban J connectivity index is 1.10. The van der Waals surface area contributed by atoms with Gasteiger partial charge in [0.05, 0.1) is 0 Å². The number of hydrogen-bond acceptors (Lipinski definition) is 4. The van der Waals surface area contributed by atoms with Crippen molar-refractivity contribution in [1.29, 1.82) is 0 Å². The van der Waals surface area contributed by atoms with Gasteiger partial charge in [0.1, 0.15) is 5.60 Å². The minimum Gasteiger partial charge on any atom is -0.380 e. The van der Waals surface area contributed by atoms with Crippen molar-refractivity contribution >= 4 is 11.8 Å². The van der Waals surface area contributed by atoms with Gasteiger partial charge in [0.25, 0.3) is 5.91 Å². The maximum atomic E-state index is 13.1. The van der Waals surface area contributed by atoms with Gasteiger partial charge in [-0.15, -0.1) is 0 Å². The van der Waals surface area contributed by atoms with Crippen LogP contribution in [0.15, 0.2) is 0 Å². The van der Waals surface area contributed by atoms with Crippen molar-refractivity contribution in [3.63, 3.8) is 0 Å². The van der Waals surface area contributed by atoms with Crippen LogP contribution in [0, 0.1) is 17.8 Å². The first kappa shape index (κ1) is 20.7. The first-order valence-electron chi connectivity index (χ1n) is 12.5. The van der Waals surface area contributed by atoms with E-state index in [2.05, 4.69) is 11.8 Å². The van der Waals surface area contributed by atoms with Crippen molar-refractivity contribution in [2.75, 3.05) is 32.7 Å². The molecule has 2 amide bonds. The Labute approximate surface area is 181 Å². The molecule has 0 aromatic heterocycles. The lowest BCUT2D eigenvalue weighted by atomic mass is 9.77. The SMILES string of the molecule is CC1CCCC2CCN(C3CCC(C(=O)N4CCN(C(=O)C5(O)CC5)CC4)CC3)C12. The third-order valence-corrected chi connectivity index (χ3v) is 8.96. The molecule has 0 bridgehead atoms. The normalized spacial score (nSPS) is 38.9. The summed E-state index contributed by atoms with van der Waals surface area (Å²) in [6.07, 6.45) is 11.1. The highest BCUT2D eigenvalue weighted by molar-refractivity contribution is 5.88. The number of amides is 2. The van der Waals surface area contributed by atoms with E-state index in [0.29, 0.717) is 51.0 Å². The maximum Gasteiger partial charge on any atom is 0.254 e. The fraction of sp³-hybridized carbons (Fsp3) is 0.917. The lowest BCUT2D eigenvalue weighted by molar-refractivity contribution is -0.148. The number of nitrogens with zero attached hydrogens (tertiary/aromatic N) is 3. The van der Waals surface area contributed by atoms with Crippen LogP contribution < -0.4 is 0 Å². The highest BCUT2D eigenvalue weighted by atomic mass is 16.3. The summed E-state index contributed by atoms with van der Waals surface area (Å²) in [6, 6.07) is 1.47. The van der Waals surface area contributed by atoms with Crippen LogP contribution in [0.2, 0.25) is 0 Å². The molecule has 6 heteroatoms. The van der Waals surface area contributed by atoms with Crippen LogP contribution in [0.4, 0.5) is 0 Å². The van der Waals surface area contributed by atoms with Gasteiger partial charge in [0.15, 0.2) is 0 Å². The molecule has 1 N–H and O–H groups in total. The molecule has 2 aliphatic heterocycles. The van der Waals surface area contributed by atoms with Crippen molar-refractivity contribution < 1.29 is 14.7 Å². The Kier molecular flexibility index (Phi) is 5.59. The molecule has 0 radical (unpaired) electrons. The van der Waals surface area contributed by atoms with E-state index in [4.69, 9.17) is 0 Å². The van der Waals surface area contributed by atoms with Crippen molar-refractivity contribution in [3.05, 3.63) is 0 Å².